The molecule has 0 saturated carbocycles. The Morgan fingerprint density at radius 2 is 1.97 bits per heavy atom. The van der Waals surface area contributed by atoms with Gasteiger partial charge in [0.15, 0.2) is 0 Å². The van der Waals surface area contributed by atoms with Gasteiger partial charge in [0.1, 0.15) is 17.7 Å². The first-order chi connectivity index (χ1) is 14.1. The number of pyridine rings is 2. The normalized spacial score (nSPS) is 11.2. The first-order valence-corrected chi connectivity index (χ1v) is 9.06. The van der Waals surface area contributed by atoms with E-state index in [1.807, 2.05) is 30.3 Å². The summed E-state index contributed by atoms with van der Waals surface area (Å²) in [5.41, 5.74) is 3.81. The first kappa shape index (κ1) is 17.1. The van der Waals surface area contributed by atoms with Gasteiger partial charge in [0, 0.05) is 43.1 Å². The summed E-state index contributed by atoms with van der Waals surface area (Å²) < 4.78 is 1.74. The minimum atomic E-state index is -0.0588. The highest BCUT2D eigenvalue weighted by atomic mass is 16.2. The zero-order chi connectivity index (χ0) is 20.0. The molecule has 8 nitrogen and oxygen atoms in total. The maximum absolute atomic E-state index is 12.3. The van der Waals surface area contributed by atoms with Crippen molar-refractivity contribution < 1.29 is 4.79 Å². The summed E-state index contributed by atoms with van der Waals surface area (Å²) in [5.74, 6) is 0.590. The minimum absolute atomic E-state index is 0.0588. The average molecular weight is 383 g/mol. The van der Waals surface area contributed by atoms with Crippen LogP contribution < -0.4 is 5.32 Å². The van der Waals surface area contributed by atoms with Gasteiger partial charge in [-0.1, -0.05) is 6.07 Å². The molecular weight excluding hydrogens is 366 g/mol. The van der Waals surface area contributed by atoms with Gasteiger partial charge in [-0.05, 0) is 30.3 Å². The third-order valence-electron chi connectivity index (χ3n) is 4.74. The lowest BCUT2D eigenvalue weighted by atomic mass is 10.1. The Morgan fingerprint density at radius 1 is 1.10 bits per heavy atom. The van der Waals surface area contributed by atoms with E-state index in [0.29, 0.717) is 11.4 Å². The van der Waals surface area contributed by atoms with Crippen LogP contribution in [-0.4, -0.2) is 49.5 Å². The number of nitrogens with one attached hydrogen (secondary N) is 1. The highest BCUT2D eigenvalue weighted by Crippen LogP contribution is 2.33. The van der Waals surface area contributed by atoms with Gasteiger partial charge in [-0.25, -0.2) is 14.5 Å². The van der Waals surface area contributed by atoms with Crippen LogP contribution in [-0.2, 0) is 0 Å². The lowest BCUT2D eigenvalue weighted by Gasteiger charge is -2.13. The summed E-state index contributed by atoms with van der Waals surface area (Å²) in [6.45, 7) is 0. The van der Waals surface area contributed by atoms with E-state index in [1.54, 1.807) is 54.5 Å². The maximum atomic E-state index is 12.3. The van der Waals surface area contributed by atoms with E-state index >= 15 is 0 Å². The van der Waals surface area contributed by atoms with Crippen molar-refractivity contribution in [3.63, 3.8) is 0 Å². The van der Waals surface area contributed by atoms with Crippen molar-refractivity contribution in [2.75, 3.05) is 19.4 Å². The second-order valence-corrected chi connectivity index (χ2v) is 6.89. The zero-order valence-corrected chi connectivity index (χ0v) is 15.9. The van der Waals surface area contributed by atoms with Crippen LogP contribution in [0.1, 0.15) is 10.4 Å². The summed E-state index contributed by atoms with van der Waals surface area (Å²) in [6, 6.07) is 11.2. The van der Waals surface area contributed by atoms with Gasteiger partial charge in [0.05, 0.1) is 22.6 Å². The monoisotopic (exact) mass is 383 g/mol. The standard InChI is InChI=1S/C21H17N7O/c1-27(2)21(29)13-4-3-5-14(10-13)24-20-18-17-7-9-23-12-28(17)26-19(18)15-6-8-22-11-16(15)25-20/h3-12H,1-2H3,(H,24,25). The van der Waals surface area contributed by atoms with E-state index in [4.69, 9.17) is 10.1 Å². The molecule has 4 heterocycles. The van der Waals surface area contributed by atoms with Crippen molar-refractivity contribution in [3.05, 3.63) is 66.9 Å². The molecule has 0 atom stereocenters. The van der Waals surface area contributed by atoms with Crippen molar-refractivity contribution in [3.8, 4) is 0 Å². The molecule has 0 fully saturated rings. The summed E-state index contributed by atoms with van der Waals surface area (Å²) >= 11 is 0. The molecule has 5 rings (SSSR count). The van der Waals surface area contributed by atoms with Gasteiger partial charge >= 0.3 is 0 Å². The quantitative estimate of drug-likeness (QED) is 0.514. The average Bonchev–Trinajstić information content (AvgIpc) is 3.13. The molecule has 8 heteroatoms. The molecule has 0 spiro atoms. The Morgan fingerprint density at radius 3 is 2.83 bits per heavy atom. The van der Waals surface area contributed by atoms with Gasteiger partial charge in [-0.3, -0.25) is 9.78 Å². The molecule has 0 aliphatic rings. The number of nitrogens with zero attached hydrogens (tertiary/aromatic N) is 6. The third kappa shape index (κ3) is 2.82. The highest BCUT2D eigenvalue weighted by molar-refractivity contribution is 6.14. The summed E-state index contributed by atoms with van der Waals surface area (Å²) in [5, 5.41) is 9.87. The van der Waals surface area contributed by atoms with Crippen molar-refractivity contribution >= 4 is 44.7 Å². The molecule has 0 bridgehead atoms. The van der Waals surface area contributed by atoms with Gasteiger partial charge in [0.25, 0.3) is 5.91 Å². The topological polar surface area (TPSA) is 88.3 Å². The number of amides is 1. The number of rotatable bonds is 3. The Hall–Kier alpha value is -4.07. The van der Waals surface area contributed by atoms with Crippen molar-refractivity contribution in [1.82, 2.24) is 29.5 Å². The molecular formula is C21H17N7O. The first-order valence-electron chi connectivity index (χ1n) is 9.06. The third-order valence-corrected chi connectivity index (χ3v) is 4.74. The molecule has 142 valence electrons. The number of carbonyl (C=O) groups excluding carboxylic acids is 1. The number of hydrogen-bond donors (Lipinski definition) is 1. The number of fused-ring (bicyclic) bond motifs is 5. The minimum Gasteiger partial charge on any atom is -0.345 e. The predicted octanol–water partition coefficient (Wildman–Crippen LogP) is 3.27. The number of benzene rings is 1. The fourth-order valence-corrected chi connectivity index (χ4v) is 3.40. The van der Waals surface area contributed by atoms with Gasteiger partial charge in [0.2, 0.25) is 0 Å². The molecule has 0 aliphatic heterocycles. The van der Waals surface area contributed by atoms with Crippen molar-refractivity contribution in [2.45, 2.75) is 0 Å². The molecule has 0 unspecified atom stereocenters. The van der Waals surface area contributed by atoms with Crippen LogP contribution in [0.3, 0.4) is 0 Å². The maximum Gasteiger partial charge on any atom is 0.253 e. The number of hydrogen-bond acceptors (Lipinski definition) is 6. The smallest absolute Gasteiger partial charge is 0.253 e. The molecule has 0 saturated heterocycles. The van der Waals surface area contributed by atoms with E-state index in [1.165, 1.54) is 0 Å². The van der Waals surface area contributed by atoms with Gasteiger partial charge < -0.3 is 10.2 Å². The van der Waals surface area contributed by atoms with Crippen LogP contribution in [0.4, 0.5) is 11.5 Å². The van der Waals surface area contributed by atoms with E-state index in [2.05, 4.69) is 15.3 Å². The Balaban J connectivity index is 1.72. The van der Waals surface area contributed by atoms with Gasteiger partial charge in [-0.2, -0.15) is 5.10 Å². The SMILES string of the molecule is CN(C)C(=O)c1cccc(Nc2nc3cnccc3c3nn4cnccc4c23)c1. The summed E-state index contributed by atoms with van der Waals surface area (Å²) in [7, 11) is 3.47. The van der Waals surface area contributed by atoms with Crippen molar-refractivity contribution in [2.24, 2.45) is 0 Å². The molecule has 29 heavy (non-hydrogen) atoms. The number of carbonyl (C=O) groups is 1. The predicted molar refractivity (Wildman–Crippen MR) is 111 cm³/mol. The van der Waals surface area contributed by atoms with Crippen LogP contribution in [0, 0.1) is 0 Å². The van der Waals surface area contributed by atoms with E-state index in [-0.39, 0.29) is 5.91 Å². The lowest BCUT2D eigenvalue weighted by Crippen LogP contribution is -2.21. The van der Waals surface area contributed by atoms with E-state index in [0.717, 1.165) is 33.0 Å². The number of aromatic nitrogens is 5. The second-order valence-electron chi connectivity index (χ2n) is 6.89. The molecule has 0 radical (unpaired) electrons. The van der Waals surface area contributed by atoms with E-state index < -0.39 is 0 Å². The Kier molecular flexibility index (Phi) is 3.83. The van der Waals surface area contributed by atoms with Crippen LogP contribution >= 0.6 is 0 Å². The van der Waals surface area contributed by atoms with Crippen LogP contribution in [0.5, 0.6) is 0 Å². The fourth-order valence-electron chi connectivity index (χ4n) is 3.40. The number of anilines is 2. The molecule has 1 aromatic carbocycles. The second kappa shape index (κ2) is 6.52. The van der Waals surface area contributed by atoms with Crippen LogP contribution in [0.15, 0.2) is 61.3 Å². The van der Waals surface area contributed by atoms with Gasteiger partial charge in [-0.15, -0.1) is 0 Å². The molecule has 0 aliphatic carbocycles. The zero-order valence-electron chi connectivity index (χ0n) is 15.9. The highest BCUT2D eigenvalue weighted by Gasteiger charge is 2.16. The van der Waals surface area contributed by atoms with Crippen LogP contribution in [0.25, 0.3) is 27.3 Å². The van der Waals surface area contributed by atoms with E-state index in [9.17, 15) is 4.79 Å². The molecule has 5 aromatic rings. The largest absolute Gasteiger partial charge is 0.345 e. The Bertz CT molecular complexity index is 1390. The molecule has 1 amide bonds. The lowest BCUT2D eigenvalue weighted by molar-refractivity contribution is 0.0827. The fraction of sp³-hybridized carbons (Fsp3) is 0.0952. The molecule has 4 aromatic heterocycles. The Labute approximate surface area is 165 Å². The summed E-state index contributed by atoms with van der Waals surface area (Å²) in [4.78, 5) is 27.0. The molecule has 1 N–H and O–H groups in total. The van der Waals surface area contributed by atoms with Crippen molar-refractivity contribution in [1.29, 1.82) is 0 Å². The summed E-state index contributed by atoms with van der Waals surface area (Å²) in [6.07, 6.45) is 6.85. The van der Waals surface area contributed by atoms with Crippen LogP contribution in [0.2, 0.25) is 0 Å².